The highest BCUT2D eigenvalue weighted by atomic mass is 32.1. The summed E-state index contributed by atoms with van der Waals surface area (Å²) in [6, 6.07) is 24.5. The smallest absolute Gasteiger partial charge is 0.347 e. The summed E-state index contributed by atoms with van der Waals surface area (Å²) in [5.74, 6) is -0.909. The van der Waals surface area contributed by atoms with Crippen molar-refractivity contribution in [3.63, 3.8) is 0 Å². The van der Waals surface area contributed by atoms with Crippen LogP contribution in [-0.4, -0.2) is 53.9 Å². The SMILES string of the molecule is CC(C)(Oc1ccc(-c2nc(C(=O)Nc3ccc(N4CCOCC4)cc3)c(-c3ccccc3)s2)cc1)C(=O)O. The van der Waals surface area contributed by atoms with Crippen LogP contribution in [0.2, 0.25) is 0 Å². The number of hydrogen-bond donors (Lipinski definition) is 2. The van der Waals surface area contributed by atoms with Gasteiger partial charge in [0.2, 0.25) is 0 Å². The maximum Gasteiger partial charge on any atom is 0.347 e. The third-order valence-electron chi connectivity index (χ3n) is 6.37. The molecule has 0 unspecified atom stereocenters. The summed E-state index contributed by atoms with van der Waals surface area (Å²) in [6.07, 6.45) is 0. The summed E-state index contributed by atoms with van der Waals surface area (Å²) in [5, 5.41) is 13.0. The molecule has 0 saturated carbocycles. The molecule has 9 heteroatoms. The number of amides is 1. The van der Waals surface area contributed by atoms with Crippen molar-refractivity contribution in [3.8, 4) is 26.8 Å². The minimum absolute atomic E-state index is 0.293. The van der Waals surface area contributed by atoms with Crippen molar-refractivity contribution in [1.82, 2.24) is 4.98 Å². The molecule has 2 heterocycles. The maximum absolute atomic E-state index is 13.4. The first-order valence-corrected chi connectivity index (χ1v) is 13.4. The van der Waals surface area contributed by atoms with Crippen LogP contribution in [0.25, 0.3) is 21.0 Å². The van der Waals surface area contributed by atoms with Gasteiger partial charge in [-0.15, -0.1) is 11.3 Å². The van der Waals surface area contributed by atoms with Gasteiger partial charge in [0, 0.05) is 30.0 Å². The zero-order chi connectivity index (χ0) is 27.4. The Labute approximate surface area is 230 Å². The number of aromatic nitrogens is 1. The highest BCUT2D eigenvalue weighted by molar-refractivity contribution is 7.18. The number of aliphatic carboxylic acids is 1. The molecule has 1 fully saturated rings. The summed E-state index contributed by atoms with van der Waals surface area (Å²) >= 11 is 1.42. The van der Waals surface area contributed by atoms with E-state index in [0.29, 0.717) is 35.4 Å². The number of benzene rings is 3. The van der Waals surface area contributed by atoms with Crippen molar-refractivity contribution in [2.75, 3.05) is 36.5 Å². The van der Waals surface area contributed by atoms with Crippen LogP contribution in [0.15, 0.2) is 78.9 Å². The number of anilines is 2. The molecular weight excluding hydrogens is 514 g/mol. The van der Waals surface area contributed by atoms with Crippen molar-refractivity contribution < 1.29 is 24.2 Å². The number of carboxylic acids is 1. The molecule has 3 aromatic carbocycles. The minimum atomic E-state index is -1.35. The van der Waals surface area contributed by atoms with Crippen LogP contribution < -0.4 is 15.0 Å². The molecule has 39 heavy (non-hydrogen) atoms. The third-order valence-corrected chi connectivity index (χ3v) is 7.52. The van der Waals surface area contributed by atoms with E-state index in [4.69, 9.17) is 14.5 Å². The van der Waals surface area contributed by atoms with Gasteiger partial charge in [0.25, 0.3) is 5.91 Å². The zero-order valence-corrected chi connectivity index (χ0v) is 22.5. The average Bonchev–Trinajstić information content (AvgIpc) is 3.40. The molecule has 1 aliphatic heterocycles. The lowest BCUT2D eigenvalue weighted by atomic mass is 10.1. The Balaban J connectivity index is 1.39. The number of ether oxygens (including phenoxy) is 2. The van der Waals surface area contributed by atoms with E-state index in [1.165, 1.54) is 25.2 Å². The Hall–Kier alpha value is -4.21. The molecule has 0 atom stereocenters. The average molecular weight is 544 g/mol. The molecule has 0 radical (unpaired) electrons. The quantitative estimate of drug-likeness (QED) is 0.289. The van der Waals surface area contributed by atoms with Crippen LogP contribution in [0, 0.1) is 0 Å². The minimum Gasteiger partial charge on any atom is -0.478 e. The van der Waals surface area contributed by atoms with Gasteiger partial charge in [0.15, 0.2) is 5.60 Å². The van der Waals surface area contributed by atoms with E-state index < -0.39 is 11.6 Å². The lowest BCUT2D eigenvalue weighted by Crippen LogP contribution is -2.37. The fourth-order valence-corrected chi connectivity index (χ4v) is 5.23. The topological polar surface area (TPSA) is 101 Å². The molecule has 4 aromatic rings. The fourth-order valence-electron chi connectivity index (χ4n) is 4.15. The second-order valence-electron chi connectivity index (χ2n) is 9.61. The molecule has 0 bridgehead atoms. The molecule has 1 aliphatic rings. The Kier molecular flexibility index (Phi) is 7.63. The van der Waals surface area contributed by atoms with Gasteiger partial charge in [-0.3, -0.25) is 4.79 Å². The second-order valence-corrected chi connectivity index (χ2v) is 10.6. The molecule has 1 saturated heterocycles. The number of carbonyl (C=O) groups is 2. The van der Waals surface area contributed by atoms with Crippen molar-refractivity contribution in [1.29, 1.82) is 0 Å². The first-order valence-electron chi connectivity index (χ1n) is 12.6. The predicted octanol–water partition coefficient (Wildman–Crippen LogP) is 5.81. The molecular formula is C30H29N3O5S. The molecule has 1 aromatic heterocycles. The summed E-state index contributed by atoms with van der Waals surface area (Å²) in [6.45, 7) is 6.11. The van der Waals surface area contributed by atoms with Gasteiger partial charge in [0.1, 0.15) is 16.5 Å². The lowest BCUT2D eigenvalue weighted by Gasteiger charge is -2.28. The van der Waals surface area contributed by atoms with E-state index in [2.05, 4.69) is 10.2 Å². The number of thiazole rings is 1. The van der Waals surface area contributed by atoms with E-state index in [1.807, 2.05) is 66.7 Å². The monoisotopic (exact) mass is 543 g/mol. The standard InChI is InChI=1S/C30H29N3O5S/c1-30(2,29(35)36)38-24-14-8-21(9-15-24)28-32-25(26(39-28)20-6-4-3-5-7-20)27(34)31-22-10-12-23(13-11-22)33-16-18-37-19-17-33/h3-15H,16-19H2,1-2H3,(H,31,34)(H,35,36). The van der Waals surface area contributed by atoms with Gasteiger partial charge in [-0.25, -0.2) is 9.78 Å². The van der Waals surface area contributed by atoms with E-state index in [1.54, 1.807) is 12.1 Å². The number of nitrogens with one attached hydrogen (secondary N) is 1. The third kappa shape index (κ3) is 6.10. The Morgan fingerprint density at radius 3 is 2.26 bits per heavy atom. The molecule has 8 nitrogen and oxygen atoms in total. The number of rotatable bonds is 8. The summed E-state index contributed by atoms with van der Waals surface area (Å²) in [7, 11) is 0. The van der Waals surface area contributed by atoms with Crippen LogP contribution >= 0.6 is 11.3 Å². The van der Waals surface area contributed by atoms with Gasteiger partial charge in [-0.05, 0) is 67.9 Å². The second kappa shape index (κ2) is 11.3. The normalized spacial score (nSPS) is 13.6. The number of hydrogen-bond acceptors (Lipinski definition) is 7. The highest BCUT2D eigenvalue weighted by Gasteiger charge is 2.29. The maximum atomic E-state index is 13.4. The van der Waals surface area contributed by atoms with Gasteiger partial charge >= 0.3 is 5.97 Å². The molecule has 1 amide bonds. The van der Waals surface area contributed by atoms with Crippen LogP contribution in [0.5, 0.6) is 5.75 Å². The summed E-state index contributed by atoms with van der Waals surface area (Å²) in [5.41, 5.74) is 2.47. The van der Waals surface area contributed by atoms with Crippen molar-refractivity contribution in [3.05, 3.63) is 84.6 Å². The van der Waals surface area contributed by atoms with Gasteiger partial charge in [-0.2, -0.15) is 0 Å². The Morgan fingerprint density at radius 1 is 0.949 bits per heavy atom. The molecule has 5 rings (SSSR count). The van der Waals surface area contributed by atoms with Gasteiger partial charge in [-0.1, -0.05) is 30.3 Å². The number of carboxylic acid groups (broad SMARTS) is 1. The molecule has 0 spiro atoms. The van der Waals surface area contributed by atoms with E-state index in [0.717, 1.165) is 34.8 Å². The van der Waals surface area contributed by atoms with Crippen LogP contribution in [0.3, 0.4) is 0 Å². The number of carbonyl (C=O) groups excluding carboxylic acids is 1. The zero-order valence-electron chi connectivity index (χ0n) is 21.7. The highest BCUT2D eigenvalue weighted by Crippen LogP contribution is 2.36. The van der Waals surface area contributed by atoms with Crippen molar-refractivity contribution >= 4 is 34.6 Å². The largest absolute Gasteiger partial charge is 0.478 e. The van der Waals surface area contributed by atoms with Crippen LogP contribution in [0.4, 0.5) is 11.4 Å². The van der Waals surface area contributed by atoms with E-state index in [9.17, 15) is 14.7 Å². The first-order chi connectivity index (χ1) is 18.8. The number of morpholine rings is 1. The molecule has 0 aliphatic carbocycles. The molecule has 2 N–H and O–H groups in total. The predicted molar refractivity (Wildman–Crippen MR) is 153 cm³/mol. The summed E-state index contributed by atoms with van der Waals surface area (Å²) < 4.78 is 11.0. The fraction of sp³-hybridized carbons (Fsp3) is 0.233. The van der Waals surface area contributed by atoms with Crippen molar-refractivity contribution in [2.24, 2.45) is 0 Å². The molecule has 200 valence electrons. The first kappa shape index (κ1) is 26.4. The van der Waals surface area contributed by atoms with E-state index >= 15 is 0 Å². The Morgan fingerprint density at radius 2 is 1.62 bits per heavy atom. The van der Waals surface area contributed by atoms with Gasteiger partial charge < -0.3 is 24.8 Å². The lowest BCUT2D eigenvalue weighted by molar-refractivity contribution is -0.152. The van der Waals surface area contributed by atoms with Crippen LogP contribution in [0.1, 0.15) is 24.3 Å². The van der Waals surface area contributed by atoms with Crippen molar-refractivity contribution in [2.45, 2.75) is 19.4 Å². The van der Waals surface area contributed by atoms with Gasteiger partial charge in [0.05, 0.1) is 18.1 Å². The Bertz CT molecular complexity index is 1440. The van der Waals surface area contributed by atoms with Crippen LogP contribution in [-0.2, 0) is 9.53 Å². The number of nitrogens with zero attached hydrogens (tertiary/aromatic N) is 2. The van der Waals surface area contributed by atoms with E-state index in [-0.39, 0.29) is 5.91 Å². The summed E-state index contributed by atoms with van der Waals surface area (Å²) in [4.78, 5) is 32.6.